The summed E-state index contributed by atoms with van der Waals surface area (Å²) >= 11 is 5.97. The third kappa shape index (κ3) is 5.27. The number of allylic oxidation sites excluding steroid dienone is 4. The molecule has 2 N–H and O–H groups in total. The minimum atomic E-state index is -3.27. The number of rotatable bonds is 6. The van der Waals surface area contributed by atoms with Gasteiger partial charge in [0.05, 0.1) is 0 Å². The molecule has 0 bridgehead atoms. The largest absolute Gasteiger partial charge is 0.433 e. The van der Waals surface area contributed by atoms with Crippen LogP contribution in [0.25, 0.3) is 11.4 Å². The minimum Gasteiger partial charge on any atom is -0.433 e. The van der Waals surface area contributed by atoms with Crippen molar-refractivity contribution in [1.82, 2.24) is 20.8 Å². The van der Waals surface area contributed by atoms with Crippen LogP contribution >= 0.6 is 11.6 Å². The van der Waals surface area contributed by atoms with E-state index < -0.39 is 11.6 Å². The second kappa shape index (κ2) is 8.90. The molecule has 4 rings (SSSR count). The van der Waals surface area contributed by atoms with Crippen LogP contribution in [0, 0.1) is 0 Å². The summed E-state index contributed by atoms with van der Waals surface area (Å²) in [6.45, 7) is 0.674. The molecule has 2 amide bonds. The summed E-state index contributed by atoms with van der Waals surface area (Å²) in [6.07, 6.45) is 4.81. The van der Waals surface area contributed by atoms with Crippen molar-refractivity contribution in [2.45, 2.75) is 57.1 Å². The second-order valence-corrected chi connectivity index (χ2v) is 8.52. The Hall–Kier alpha value is -2.94. The van der Waals surface area contributed by atoms with Crippen molar-refractivity contribution in [3.05, 3.63) is 53.0 Å². The van der Waals surface area contributed by atoms with Gasteiger partial charge in [-0.1, -0.05) is 29.6 Å². The Balaban J connectivity index is 1.48. The maximum absolute atomic E-state index is 13.0. The van der Waals surface area contributed by atoms with Crippen LogP contribution in [0.5, 0.6) is 5.75 Å². The molecule has 32 heavy (non-hydrogen) atoms. The molecule has 0 unspecified atom stereocenters. The van der Waals surface area contributed by atoms with Crippen molar-refractivity contribution in [3.63, 3.8) is 0 Å². The smallest absolute Gasteiger partial charge is 0.394 e. The average molecular weight is 465 g/mol. The third-order valence-electron chi connectivity index (χ3n) is 5.43. The highest BCUT2D eigenvalue weighted by molar-refractivity contribution is 6.29. The summed E-state index contributed by atoms with van der Waals surface area (Å²) in [4.78, 5) is 17.2. The Bertz CT molecular complexity index is 1040. The van der Waals surface area contributed by atoms with Crippen LogP contribution in [0.1, 0.15) is 51.3 Å². The van der Waals surface area contributed by atoms with Gasteiger partial charge in [-0.15, -0.1) is 0 Å². The molecule has 2 aromatic rings. The molecule has 2 aliphatic rings. The molecule has 7 nitrogen and oxygen atoms in total. The molecule has 1 fully saturated rings. The average Bonchev–Trinajstić information content (AvgIpc) is 3.40. The first-order valence-electron chi connectivity index (χ1n) is 10.4. The SMILES string of the molecule is CC(F)(F)Oc1ccc(-c2noc(C3(NC(=O)NC4=CC=C(Cl)CC4)CCCC3)n2)cc1. The highest BCUT2D eigenvalue weighted by Gasteiger charge is 2.42. The quantitative estimate of drug-likeness (QED) is 0.581. The van der Waals surface area contributed by atoms with E-state index in [9.17, 15) is 13.6 Å². The van der Waals surface area contributed by atoms with Gasteiger partial charge in [-0.2, -0.15) is 13.8 Å². The van der Waals surface area contributed by atoms with E-state index in [-0.39, 0.29) is 11.8 Å². The molecule has 0 atom stereocenters. The Morgan fingerprint density at radius 3 is 2.53 bits per heavy atom. The number of nitrogens with zero attached hydrogens (tertiary/aromatic N) is 2. The second-order valence-electron chi connectivity index (χ2n) is 8.03. The molecule has 1 aromatic carbocycles. The molecule has 10 heteroatoms. The zero-order chi connectivity index (χ0) is 22.8. The number of amides is 2. The van der Waals surface area contributed by atoms with Gasteiger partial charge in [-0.05, 0) is 62.1 Å². The fourth-order valence-electron chi connectivity index (χ4n) is 3.90. The van der Waals surface area contributed by atoms with Gasteiger partial charge in [0.25, 0.3) is 5.89 Å². The van der Waals surface area contributed by atoms with E-state index in [0.717, 1.165) is 23.6 Å². The van der Waals surface area contributed by atoms with Crippen molar-refractivity contribution in [2.24, 2.45) is 0 Å². The topological polar surface area (TPSA) is 89.3 Å². The molecular formula is C22H23ClF2N4O3. The maximum Gasteiger partial charge on any atom is 0.394 e. The van der Waals surface area contributed by atoms with Crippen LogP contribution < -0.4 is 15.4 Å². The number of aromatic nitrogens is 2. The predicted molar refractivity (Wildman–Crippen MR) is 114 cm³/mol. The molecule has 0 radical (unpaired) electrons. The van der Waals surface area contributed by atoms with Crippen LogP contribution in [0.15, 0.2) is 51.7 Å². The molecule has 0 spiro atoms. The molecule has 1 heterocycles. The standard InChI is InChI=1S/C22H23ClF2N4O3/c1-21(24,25)31-17-10-4-14(5-11-17)18-27-19(32-29-18)22(12-2-3-13-22)28-20(30)26-16-8-6-15(23)7-9-16/h4-6,8,10-11H,2-3,7,9,12-13H2,1H3,(H2,26,28,30). The lowest BCUT2D eigenvalue weighted by Gasteiger charge is -2.26. The normalized spacial score (nSPS) is 18.0. The first-order valence-corrected chi connectivity index (χ1v) is 10.8. The molecule has 1 saturated carbocycles. The Morgan fingerprint density at radius 2 is 1.91 bits per heavy atom. The molecular weight excluding hydrogens is 442 g/mol. The monoisotopic (exact) mass is 464 g/mol. The molecule has 2 aliphatic carbocycles. The van der Waals surface area contributed by atoms with E-state index in [1.807, 2.05) is 0 Å². The number of benzene rings is 1. The van der Waals surface area contributed by atoms with Gasteiger partial charge in [0, 0.05) is 23.2 Å². The van der Waals surface area contributed by atoms with E-state index in [4.69, 9.17) is 16.1 Å². The van der Waals surface area contributed by atoms with Crippen LogP contribution in [-0.2, 0) is 5.54 Å². The summed E-state index contributed by atoms with van der Waals surface area (Å²) < 4.78 is 36.1. The first kappa shape index (κ1) is 22.3. The van der Waals surface area contributed by atoms with E-state index >= 15 is 0 Å². The van der Waals surface area contributed by atoms with Crippen molar-refractivity contribution < 1.29 is 22.8 Å². The van der Waals surface area contributed by atoms with Crippen molar-refractivity contribution in [1.29, 1.82) is 0 Å². The van der Waals surface area contributed by atoms with Gasteiger partial charge in [0.2, 0.25) is 5.82 Å². The fraction of sp³-hybridized carbons (Fsp3) is 0.409. The number of hydrogen-bond acceptors (Lipinski definition) is 5. The van der Waals surface area contributed by atoms with E-state index in [0.29, 0.717) is 49.9 Å². The summed E-state index contributed by atoms with van der Waals surface area (Å²) in [5.74, 6) is 0.655. The van der Waals surface area contributed by atoms with Crippen molar-refractivity contribution in [2.75, 3.05) is 0 Å². The van der Waals surface area contributed by atoms with Gasteiger partial charge in [0.15, 0.2) is 0 Å². The van der Waals surface area contributed by atoms with Crippen LogP contribution in [-0.4, -0.2) is 22.3 Å². The van der Waals surface area contributed by atoms with Gasteiger partial charge in [-0.25, -0.2) is 4.79 Å². The zero-order valence-corrected chi connectivity index (χ0v) is 18.2. The maximum atomic E-state index is 13.0. The van der Waals surface area contributed by atoms with Gasteiger partial charge >= 0.3 is 12.1 Å². The van der Waals surface area contributed by atoms with E-state index in [1.54, 1.807) is 24.3 Å². The first-order chi connectivity index (χ1) is 15.2. The summed E-state index contributed by atoms with van der Waals surface area (Å²) in [7, 11) is 0. The highest BCUT2D eigenvalue weighted by Crippen LogP contribution is 2.38. The Kier molecular flexibility index (Phi) is 6.19. The summed E-state index contributed by atoms with van der Waals surface area (Å²) in [5.41, 5.74) is 0.609. The minimum absolute atomic E-state index is 0.0312. The predicted octanol–water partition coefficient (Wildman–Crippen LogP) is 5.60. The van der Waals surface area contributed by atoms with Gasteiger partial charge < -0.3 is 19.9 Å². The zero-order valence-electron chi connectivity index (χ0n) is 17.5. The van der Waals surface area contributed by atoms with Gasteiger partial charge in [-0.3, -0.25) is 0 Å². The Morgan fingerprint density at radius 1 is 1.19 bits per heavy atom. The number of urea groups is 1. The number of carbonyl (C=O) groups excluding carboxylic acids is 1. The molecule has 0 aliphatic heterocycles. The number of halogens is 3. The van der Waals surface area contributed by atoms with E-state index in [2.05, 4.69) is 25.5 Å². The lowest BCUT2D eigenvalue weighted by Crippen LogP contribution is -2.48. The Labute approximate surface area is 188 Å². The van der Waals surface area contributed by atoms with Crippen LogP contribution in [0.2, 0.25) is 0 Å². The van der Waals surface area contributed by atoms with Crippen LogP contribution in [0.4, 0.5) is 13.6 Å². The molecule has 170 valence electrons. The number of carbonyl (C=O) groups is 1. The number of ether oxygens (including phenoxy) is 1. The van der Waals surface area contributed by atoms with E-state index in [1.165, 1.54) is 12.1 Å². The third-order valence-corrected chi connectivity index (χ3v) is 5.74. The number of hydrogen-bond donors (Lipinski definition) is 2. The number of nitrogens with one attached hydrogen (secondary N) is 2. The lowest BCUT2D eigenvalue weighted by molar-refractivity contribution is -0.158. The molecule has 0 saturated heterocycles. The summed E-state index contributed by atoms with van der Waals surface area (Å²) in [5, 5.41) is 10.7. The van der Waals surface area contributed by atoms with Crippen LogP contribution in [0.3, 0.4) is 0 Å². The fourth-order valence-corrected chi connectivity index (χ4v) is 4.05. The van der Waals surface area contributed by atoms with Gasteiger partial charge in [0.1, 0.15) is 11.3 Å². The van der Waals surface area contributed by atoms with Crippen molar-refractivity contribution in [3.8, 4) is 17.1 Å². The highest BCUT2D eigenvalue weighted by atomic mass is 35.5. The molecule has 1 aromatic heterocycles. The summed E-state index contributed by atoms with van der Waals surface area (Å²) in [6, 6.07) is 5.64. The lowest BCUT2D eigenvalue weighted by atomic mass is 9.97. The number of alkyl halides is 2. The van der Waals surface area contributed by atoms with Crippen molar-refractivity contribution >= 4 is 17.6 Å².